The van der Waals surface area contributed by atoms with Crippen molar-refractivity contribution < 1.29 is 14.3 Å². The van der Waals surface area contributed by atoms with Crippen molar-refractivity contribution in [2.45, 2.75) is 33.4 Å². The molecule has 1 unspecified atom stereocenters. The van der Waals surface area contributed by atoms with Crippen molar-refractivity contribution in [1.82, 2.24) is 9.88 Å². The molecule has 1 saturated heterocycles. The van der Waals surface area contributed by atoms with Crippen molar-refractivity contribution in [1.29, 1.82) is 0 Å². The van der Waals surface area contributed by atoms with E-state index in [4.69, 9.17) is 20.2 Å². The minimum absolute atomic E-state index is 0.113. The summed E-state index contributed by atoms with van der Waals surface area (Å²) in [6.45, 7) is 9.59. The number of hydrogen-bond donors (Lipinski definition) is 1. The van der Waals surface area contributed by atoms with Gasteiger partial charge >= 0.3 is 0 Å². The number of aromatic nitrogens is 1. The van der Waals surface area contributed by atoms with Gasteiger partial charge in [-0.3, -0.25) is 14.7 Å². The third-order valence-electron chi connectivity index (χ3n) is 6.50. The maximum atomic E-state index is 11.6. The van der Waals surface area contributed by atoms with E-state index in [0.717, 1.165) is 42.3 Å². The van der Waals surface area contributed by atoms with Crippen LogP contribution in [0, 0.1) is 20.8 Å². The molecule has 172 valence electrons. The molecule has 1 aromatic heterocycles. The second kappa shape index (κ2) is 9.73. The molecule has 0 spiro atoms. The van der Waals surface area contributed by atoms with E-state index in [2.05, 4.69) is 31.7 Å². The summed E-state index contributed by atoms with van der Waals surface area (Å²) in [5.74, 6) is 0.494. The summed E-state index contributed by atoms with van der Waals surface area (Å²) in [5.41, 5.74) is 13.5. The Morgan fingerprint density at radius 3 is 2.70 bits per heavy atom. The number of amides is 1. The molecule has 4 rings (SSSR count). The van der Waals surface area contributed by atoms with E-state index < -0.39 is 5.91 Å². The van der Waals surface area contributed by atoms with Gasteiger partial charge < -0.3 is 15.2 Å². The highest BCUT2D eigenvalue weighted by molar-refractivity contribution is 5.94. The topological polar surface area (TPSA) is 77.7 Å². The van der Waals surface area contributed by atoms with E-state index in [0.29, 0.717) is 12.2 Å². The Labute approximate surface area is 195 Å². The molecule has 1 fully saturated rings. The Morgan fingerprint density at radius 2 is 1.94 bits per heavy atom. The van der Waals surface area contributed by atoms with Crippen LogP contribution in [-0.4, -0.2) is 42.6 Å². The zero-order valence-corrected chi connectivity index (χ0v) is 19.7. The van der Waals surface area contributed by atoms with Gasteiger partial charge in [-0.1, -0.05) is 18.2 Å². The lowest BCUT2D eigenvalue weighted by Gasteiger charge is -2.33. The predicted octanol–water partition coefficient (Wildman–Crippen LogP) is 4.35. The van der Waals surface area contributed by atoms with Crippen molar-refractivity contribution in [3.63, 3.8) is 0 Å². The first-order valence-corrected chi connectivity index (χ1v) is 11.2. The molecule has 1 aliphatic rings. The molecule has 0 saturated carbocycles. The minimum atomic E-state index is -0.446. The number of hydrogen-bond acceptors (Lipinski definition) is 5. The highest BCUT2D eigenvalue weighted by atomic mass is 16.5. The summed E-state index contributed by atoms with van der Waals surface area (Å²) < 4.78 is 11.6. The van der Waals surface area contributed by atoms with Gasteiger partial charge in [0.15, 0.2) is 0 Å². The number of nitrogens with two attached hydrogens (primary N) is 1. The molecule has 2 N–H and O–H groups in total. The maximum Gasteiger partial charge on any atom is 0.248 e. The summed E-state index contributed by atoms with van der Waals surface area (Å²) >= 11 is 0. The maximum absolute atomic E-state index is 11.6. The van der Waals surface area contributed by atoms with Crippen LogP contribution in [0.15, 0.2) is 48.5 Å². The molecule has 2 heterocycles. The van der Waals surface area contributed by atoms with Crippen molar-refractivity contribution in [2.75, 3.05) is 26.8 Å². The largest absolute Gasteiger partial charge is 0.496 e. The molecule has 0 radical (unpaired) electrons. The number of benzene rings is 2. The average Bonchev–Trinajstić information content (AvgIpc) is 2.84. The first kappa shape index (κ1) is 23.0. The first-order chi connectivity index (χ1) is 15.9. The van der Waals surface area contributed by atoms with E-state index in [1.165, 1.54) is 22.3 Å². The van der Waals surface area contributed by atoms with Crippen LogP contribution in [0.25, 0.3) is 11.3 Å². The fourth-order valence-corrected chi connectivity index (χ4v) is 4.43. The lowest BCUT2D eigenvalue weighted by atomic mass is 9.96. The van der Waals surface area contributed by atoms with Crippen molar-refractivity contribution in [3.8, 4) is 17.0 Å². The van der Waals surface area contributed by atoms with Crippen molar-refractivity contribution in [3.05, 3.63) is 82.0 Å². The summed E-state index contributed by atoms with van der Waals surface area (Å²) in [4.78, 5) is 18.8. The lowest BCUT2D eigenvalue weighted by molar-refractivity contribution is -0.0350. The second-order valence-corrected chi connectivity index (χ2v) is 8.61. The third-order valence-corrected chi connectivity index (χ3v) is 6.50. The Balaban J connectivity index is 1.54. The second-order valence-electron chi connectivity index (χ2n) is 8.61. The Bertz CT molecular complexity index is 1180. The van der Waals surface area contributed by atoms with E-state index >= 15 is 0 Å². The predicted molar refractivity (Wildman–Crippen MR) is 129 cm³/mol. The van der Waals surface area contributed by atoms with E-state index in [9.17, 15) is 4.79 Å². The molecule has 6 heteroatoms. The van der Waals surface area contributed by atoms with Crippen LogP contribution >= 0.6 is 0 Å². The van der Waals surface area contributed by atoms with Gasteiger partial charge in [-0.2, -0.15) is 0 Å². The van der Waals surface area contributed by atoms with Crippen LogP contribution in [0.3, 0.4) is 0 Å². The van der Waals surface area contributed by atoms with Crippen LogP contribution in [-0.2, 0) is 11.3 Å². The molecule has 1 amide bonds. The third kappa shape index (κ3) is 4.92. The monoisotopic (exact) mass is 445 g/mol. The van der Waals surface area contributed by atoms with Crippen LogP contribution in [0.4, 0.5) is 0 Å². The molecule has 33 heavy (non-hydrogen) atoms. The number of rotatable bonds is 6. The van der Waals surface area contributed by atoms with E-state index in [1.807, 2.05) is 30.3 Å². The highest BCUT2D eigenvalue weighted by Crippen LogP contribution is 2.30. The SMILES string of the molecule is COc1cc(C)c(CN2CCOC(c3cccc(-c4cccc(C(N)=O)c4)n3)C2)c(C)c1C. The quantitative estimate of drug-likeness (QED) is 0.610. The summed E-state index contributed by atoms with van der Waals surface area (Å²) in [7, 11) is 1.72. The van der Waals surface area contributed by atoms with Gasteiger partial charge in [0.1, 0.15) is 11.9 Å². The molecular formula is C27H31N3O3. The van der Waals surface area contributed by atoms with Gasteiger partial charge in [-0.25, -0.2) is 0 Å². The number of carbonyl (C=O) groups excluding carboxylic acids is 1. The normalized spacial score (nSPS) is 16.5. The zero-order valence-electron chi connectivity index (χ0n) is 19.7. The molecule has 1 aliphatic heterocycles. The van der Waals surface area contributed by atoms with Crippen LogP contribution in [0.5, 0.6) is 5.75 Å². The van der Waals surface area contributed by atoms with Gasteiger partial charge in [0.25, 0.3) is 0 Å². The highest BCUT2D eigenvalue weighted by Gasteiger charge is 2.25. The Kier molecular flexibility index (Phi) is 6.77. The number of morpholine rings is 1. The Hall–Kier alpha value is -3.22. The standard InChI is InChI=1S/C27H31N3O3/c1-17-13-25(32-4)19(3)18(2)22(17)15-30-11-12-33-26(16-30)24-10-6-9-23(29-24)20-7-5-8-21(14-20)27(28)31/h5-10,13-14,26H,11-12,15-16H2,1-4H3,(H2,28,31). The minimum Gasteiger partial charge on any atom is -0.496 e. The number of primary amides is 1. The van der Waals surface area contributed by atoms with Crippen LogP contribution in [0.1, 0.15) is 44.4 Å². The van der Waals surface area contributed by atoms with Gasteiger partial charge in [0.05, 0.1) is 25.1 Å². The molecule has 0 aliphatic carbocycles. The number of ether oxygens (including phenoxy) is 2. The van der Waals surface area contributed by atoms with Gasteiger partial charge in [-0.15, -0.1) is 0 Å². The van der Waals surface area contributed by atoms with E-state index in [1.54, 1.807) is 19.2 Å². The van der Waals surface area contributed by atoms with E-state index in [-0.39, 0.29) is 6.10 Å². The smallest absolute Gasteiger partial charge is 0.248 e. The van der Waals surface area contributed by atoms with Gasteiger partial charge in [0.2, 0.25) is 5.91 Å². The number of carbonyl (C=O) groups is 1. The fraction of sp³-hybridized carbons (Fsp3) is 0.333. The molecular weight excluding hydrogens is 414 g/mol. The lowest BCUT2D eigenvalue weighted by Crippen LogP contribution is -2.38. The van der Waals surface area contributed by atoms with Crippen molar-refractivity contribution in [2.24, 2.45) is 5.73 Å². The number of methoxy groups -OCH3 is 1. The average molecular weight is 446 g/mol. The molecule has 1 atom stereocenters. The number of aryl methyl sites for hydroxylation is 1. The van der Waals surface area contributed by atoms with Gasteiger partial charge in [0, 0.05) is 30.8 Å². The molecule has 3 aromatic rings. The number of nitrogens with zero attached hydrogens (tertiary/aromatic N) is 2. The first-order valence-electron chi connectivity index (χ1n) is 11.2. The Morgan fingerprint density at radius 1 is 1.15 bits per heavy atom. The molecule has 0 bridgehead atoms. The molecule has 2 aromatic carbocycles. The fourth-order valence-electron chi connectivity index (χ4n) is 4.43. The number of pyridine rings is 1. The van der Waals surface area contributed by atoms with Crippen LogP contribution in [0.2, 0.25) is 0 Å². The summed E-state index contributed by atoms with van der Waals surface area (Å²) in [6.07, 6.45) is -0.113. The summed E-state index contributed by atoms with van der Waals surface area (Å²) in [6, 6.07) is 15.3. The summed E-state index contributed by atoms with van der Waals surface area (Å²) in [5, 5.41) is 0. The molecule has 6 nitrogen and oxygen atoms in total. The van der Waals surface area contributed by atoms with Crippen LogP contribution < -0.4 is 10.5 Å². The zero-order chi connectivity index (χ0) is 23.5. The van der Waals surface area contributed by atoms with Crippen molar-refractivity contribution >= 4 is 5.91 Å². The van der Waals surface area contributed by atoms with Gasteiger partial charge in [-0.05, 0) is 73.4 Å².